The van der Waals surface area contributed by atoms with Crippen LogP contribution < -0.4 is 4.74 Å². The first-order chi connectivity index (χ1) is 9.20. The molecule has 1 aromatic rings. The van der Waals surface area contributed by atoms with Crippen LogP contribution in [0.25, 0.3) is 6.08 Å². The highest BCUT2D eigenvalue weighted by Crippen LogP contribution is 2.30. The van der Waals surface area contributed by atoms with Gasteiger partial charge in [-0.3, -0.25) is 10.1 Å². The molecule has 1 aliphatic rings. The number of nitrogens with zero attached hydrogens (tertiary/aromatic N) is 1. The van der Waals surface area contributed by atoms with Crippen molar-refractivity contribution in [3.63, 3.8) is 0 Å². The van der Waals surface area contributed by atoms with Crippen LogP contribution >= 0.6 is 0 Å². The van der Waals surface area contributed by atoms with Crippen LogP contribution in [0.5, 0.6) is 5.75 Å². The number of nitro benzene ring substituents is 1. The second-order valence-electron chi connectivity index (χ2n) is 4.57. The zero-order chi connectivity index (χ0) is 13.7. The predicted molar refractivity (Wildman–Crippen MR) is 75.2 cm³/mol. The van der Waals surface area contributed by atoms with E-state index in [4.69, 9.17) is 4.74 Å². The number of fused-ring (bicyclic) bond motifs is 1. The summed E-state index contributed by atoms with van der Waals surface area (Å²) in [5.41, 5.74) is 0.868. The number of non-ortho nitro benzene ring substituents is 1. The van der Waals surface area contributed by atoms with E-state index in [0.717, 1.165) is 37.0 Å². The zero-order valence-corrected chi connectivity index (χ0v) is 10.7. The largest absolute Gasteiger partial charge is 0.486 e. The lowest BCUT2D eigenvalue weighted by atomic mass is 10.0. The fraction of sp³-hybridized carbons (Fsp3) is 0.333. The molecule has 0 amide bonds. The minimum absolute atomic E-state index is 0.0683. The number of unbranched alkanes of at least 4 members (excludes halogenated alkanes) is 2. The molecule has 19 heavy (non-hydrogen) atoms. The fourth-order valence-corrected chi connectivity index (χ4v) is 2.09. The molecule has 1 aliphatic heterocycles. The van der Waals surface area contributed by atoms with E-state index in [1.807, 2.05) is 18.2 Å². The number of nitro groups is 1. The molecule has 0 N–H and O–H groups in total. The van der Waals surface area contributed by atoms with Gasteiger partial charge in [-0.15, -0.1) is 6.58 Å². The van der Waals surface area contributed by atoms with Crippen molar-refractivity contribution >= 4 is 11.8 Å². The number of benzene rings is 1. The molecule has 100 valence electrons. The van der Waals surface area contributed by atoms with Crippen molar-refractivity contribution in [1.82, 2.24) is 0 Å². The van der Waals surface area contributed by atoms with Crippen LogP contribution in [-0.4, -0.2) is 11.0 Å². The maximum atomic E-state index is 10.7. The molecule has 0 aliphatic carbocycles. The summed E-state index contributed by atoms with van der Waals surface area (Å²) in [4.78, 5) is 10.3. The molecule has 1 unspecified atom stereocenters. The molecule has 0 saturated heterocycles. The van der Waals surface area contributed by atoms with E-state index in [-0.39, 0.29) is 11.8 Å². The minimum Gasteiger partial charge on any atom is -0.486 e. The Morgan fingerprint density at radius 1 is 1.42 bits per heavy atom. The third-order valence-corrected chi connectivity index (χ3v) is 3.12. The molecular weight excluding hydrogens is 242 g/mol. The Kier molecular flexibility index (Phi) is 4.34. The lowest BCUT2D eigenvalue weighted by Crippen LogP contribution is -2.16. The average Bonchev–Trinajstić information content (AvgIpc) is 2.43. The normalized spacial score (nSPS) is 16.5. The van der Waals surface area contributed by atoms with E-state index in [9.17, 15) is 10.1 Å². The summed E-state index contributed by atoms with van der Waals surface area (Å²) < 4.78 is 5.81. The molecule has 0 saturated carbocycles. The molecule has 4 heteroatoms. The number of hydrogen-bond acceptors (Lipinski definition) is 3. The predicted octanol–water partition coefficient (Wildman–Crippen LogP) is 4.12. The summed E-state index contributed by atoms with van der Waals surface area (Å²) in [5.74, 6) is 0.724. The molecule has 2 rings (SSSR count). The monoisotopic (exact) mass is 259 g/mol. The lowest BCUT2D eigenvalue weighted by molar-refractivity contribution is -0.384. The maximum absolute atomic E-state index is 10.7. The van der Waals surface area contributed by atoms with Gasteiger partial charge >= 0.3 is 0 Å². The SMILES string of the molecule is C=CCCCCC1C=Cc2cc([N+](=O)[O-])ccc2O1. The highest BCUT2D eigenvalue weighted by Gasteiger charge is 2.17. The molecule has 0 bridgehead atoms. The van der Waals surface area contributed by atoms with Gasteiger partial charge in [0.1, 0.15) is 11.9 Å². The molecule has 0 aromatic heterocycles. The van der Waals surface area contributed by atoms with Crippen molar-refractivity contribution in [2.75, 3.05) is 0 Å². The van der Waals surface area contributed by atoms with Gasteiger partial charge in [-0.05, 0) is 37.8 Å². The minimum atomic E-state index is -0.393. The zero-order valence-electron chi connectivity index (χ0n) is 10.7. The van der Waals surface area contributed by atoms with Crippen molar-refractivity contribution in [3.05, 3.63) is 52.6 Å². The quantitative estimate of drug-likeness (QED) is 0.334. The molecule has 0 spiro atoms. The Hall–Kier alpha value is -2.10. The van der Waals surface area contributed by atoms with Crippen LogP contribution in [0.1, 0.15) is 31.2 Å². The van der Waals surface area contributed by atoms with Crippen molar-refractivity contribution < 1.29 is 9.66 Å². The Morgan fingerprint density at radius 3 is 3.00 bits per heavy atom. The van der Waals surface area contributed by atoms with Gasteiger partial charge in [0.2, 0.25) is 0 Å². The first-order valence-corrected chi connectivity index (χ1v) is 6.45. The summed E-state index contributed by atoms with van der Waals surface area (Å²) in [7, 11) is 0. The van der Waals surface area contributed by atoms with E-state index in [0.29, 0.717) is 0 Å². The number of rotatable bonds is 6. The van der Waals surface area contributed by atoms with Gasteiger partial charge in [0.05, 0.1) is 4.92 Å². The van der Waals surface area contributed by atoms with Crippen molar-refractivity contribution in [2.45, 2.75) is 31.8 Å². The van der Waals surface area contributed by atoms with Gasteiger partial charge in [0.25, 0.3) is 5.69 Å². The van der Waals surface area contributed by atoms with E-state index in [2.05, 4.69) is 6.58 Å². The van der Waals surface area contributed by atoms with Gasteiger partial charge < -0.3 is 4.74 Å². The fourth-order valence-electron chi connectivity index (χ4n) is 2.09. The second kappa shape index (κ2) is 6.18. The Morgan fingerprint density at radius 2 is 2.26 bits per heavy atom. The number of hydrogen-bond donors (Lipinski definition) is 0. The molecular formula is C15H17NO3. The topological polar surface area (TPSA) is 52.4 Å². The Bertz CT molecular complexity index is 508. The number of ether oxygens (including phenoxy) is 1. The summed E-state index contributed by atoms with van der Waals surface area (Å²) in [5, 5.41) is 10.7. The molecule has 1 atom stereocenters. The Balaban J connectivity index is 1.97. The molecule has 0 radical (unpaired) electrons. The van der Waals surface area contributed by atoms with Crippen LogP contribution in [0, 0.1) is 10.1 Å². The third kappa shape index (κ3) is 3.44. The highest BCUT2D eigenvalue weighted by molar-refractivity contribution is 5.63. The summed E-state index contributed by atoms with van der Waals surface area (Å²) in [6.45, 7) is 3.70. The maximum Gasteiger partial charge on any atom is 0.270 e. The van der Waals surface area contributed by atoms with Gasteiger partial charge in [-0.1, -0.05) is 12.2 Å². The van der Waals surface area contributed by atoms with Crippen molar-refractivity contribution in [3.8, 4) is 5.75 Å². The highest BCUT2D eigenvalue weighted by atomic mass is 16.6. The van der Waals surface area contributed by atoms with E-state index < -0.39 is 4.92 Å². The van der Waals surface area contributed by atoms with Crippen LogP contribution in [-0.2, 0) is 0 Å². The second-order valence-corrected chi connectivity index (χ2v) is 4.57. The van der Waals surface area contributed by atoms with E-state index in [1.54, 1.807) is 12.1 Å². The number of allylic oxidation sites excluding steroid dienone is 1. The van der Waals surface area contributed by atoms with Crippen LogP contribution in [0.3, 0.4) is 0 Å². The van der Waals surface area contributed by atoms with Crippen molar-refractivity contribution in [2.24, 2.45) is 0 Å². The molecule has 1 heterocycles. The molecule has 1 aromatic carbocycles. The third-order valence-electron chi connectivity index (χ3n) is 3.12. The molecule has 0 fully saturated rings. The van der Waals surface area contributed by atoms with Crippen molar-refractivity contribution in [1.29, 1.82) is 0 Å². The standard InChI is InChI=1S/C15H17NO3/c1-2-3-4-5-6-14-9-7-12-11-13(16(17)18)8-10-15(12)19-14/h2,7-11,14H,1,3-6H2. The molecule has 4 nitrogen and oxygen atoms in total. The van der Waals surface area contributed by atoms with Crippen LogP contribution in [0.4, 0.5) is 5.69 Å². The smallest absolute Gasteiger partial charge is 0.270 e. The Labute approximate surface area is 112 Å². The first kappa shape index (κ1) is 13.3. The average molecular weight is 259 g/mol. The van der Waals surface area contributed by atoms with Crippen LogP contribution in [0.15, 0.2) is 36.9 Å². The van der Waals surface area contributed by atoms with Gasteiger partial charge in [-0.2, -0.15) is 0 Å². The summed E-state index contributed by atoms with van der Waals surface area (Å²) in [6, 6.07) is 4.69. The van der Waals surface area contributed by atoms with E-state index in [1.165, 1.54) is 6.07 Å². The first-order valence-electron chi connectivity index (χ1n) is 6.45. The van der Waals surface area contributed by atoms with Gasteiger partial charge in [0.15, 0.2) is 0 Å². The van der Waals surface area contributed by atoms with Gasteiger partial charge in [0, 0.05) is 17.7 Å². The summed E-state index contributed by atoms with van der Waals surface area (Å²) in [6.07, 6.45) is 10.1. The summed E-state index contributed by atoms with van der Waals surface area (Å²) >= 11 is 0. The van der Waals surface area contributed by atoms with Gasteiger partial charge in [-0.25, -0.2) is 0 Å². The lowest BCUT2D eigenvalue weighted by Gasteiger charge is -2.21. The van der Waals surface area contributed by atoms with E-state index >= 15 is 0 Å². The van der Waals surface area contributed by atoms with Crippen LogP contribution in [0.2, 0.25) is 0 Å².